The van der Waals surface area contributed by atoms with E-state index in [1.165, 1.54) is 10.6 Å². The SMILES string of the molecule is CN1CCNC(=O)c2cccn(c2=O)Cc2cn(nn2)[C@@H]2CN(C(=O)CCc3nc4ccccc4s3)C[C@@H]2CC1=O. The lowest BCUT2D eigenvalue weighted by atomic mass is 9.99. The fourth-order valence-corrected chi connectivity index (χ4v) is 6.42. The topological polar surface area (TPSA) is 135 Å². The van der Waals surface area contributed by atoms with Gasteiger partial charge in [-0.05, 0) is 24.3 Å². The Kier molecular flexibility index (Phi) is 7.35. The third kappa shape index (κ3) is 5.62. The largest absolute Gasteiger partial charge is 0.350 e. The molecule has 2 aliphatic heterocycles. The number of fused-ring (bicyclic) bond motifs is 7. The van der Waals surface area contributed by atoms with Crippen LogP contribution in [0.4, 0.5) is 0 Å². The van der Waals surface area contributed by atoms with Crippen LogP contribution in [0.2, 0.25) is 0 Å². The van der Waals surface area contributed by atoms with Crippen LogP contribution in [0.3, 0.4) is 0 Å². The average Bonchev–Trinajstić information content (AvgIpc) is 3.70. The van der Waals surface area contributed by atoms with Gasteiger partial charge in [0, 0.05) is 64.6 Å². The Hall–Kier alpha value is -4.39. The van der Waals surface area contributed by atoms with Gasteiger partial charge >= 0.3 is 0 Å². The highest BCUT2D eigenvalue weighted by atomic mass is 32.1. The van der Waals surface area contributed by atoms with Crippen molar-refractivity contribution >= 4 is 39.3 Å². The molecule has 5 heterocycles. The lowest BCUT2D eigenvalue weighted by Gasteiger charge is -2.22. The number of aromatic nitrogens is 5. The molecule has 12 nitrogen and oxygen atoms in total. The molecule has 1 N–H and O–H groups in total. The zero-order valence-corrected chi connectivity index (χ0v) is 23.4. The maximum atomic E-state index is 13.3. The number of nitrogens with one attached hydrogen (secondary N) is 1. The molecule has 0 spiro atoms. The number of likely N-dealkylation sites (tertiary alicyclic amines) is 1. The number of nitrogens with zero attached hydrogens (tertiary/aromatic N) is 7. The summed E-state index contributed by atoms with van der Waals surface area (Å²) in [5.41, 5.74) is 1.07. The molecule has 2 aliphatic rings. The molecular formula is C28H30N8O4S. The van der Waals surface area contributed by atoms with Crippen LogP contribution in [0.25, 0.3) is 10.2 Å². The predicted molar refractivity (Wildman–Crippen MR) is 151 cm³/mol. The second-order valence-corrected chi connectivity index (χ2v) is 11.6. The van der Waals surface area contributed by atoms with E-state index in [1.54, 1.807) is 51.3 Å². The van der Waals surface area contributed by atoms with Crippen molar-refractivity contribution in [1.82, 2.24) is 39.7 Å². The number of thiazole rings is 1. The lowest BCUT2D eigenvalue weighted by Crippen LogP contribution is -2.39. The van der Waals surface area contributed by atoms with Gasteiger partial charge in [-0.3, -0.25) is 19.2 Å². The second kappa shape index (κ2) is 11.2. The van der Waals surface area contributed by atoms with Crippen molar-refractivity contribution < 1.29 is 14.4 Å². The van der Waals surface area contributed by atoms with E-state index in [0.717, 1.165) is 15.2 Å². The first-order chi connectivity index (χ1) is 19.9. The minimum Gasteiger partial charge on any atom is -0.350 e. The second-order valence-electron chi connectivity index (χ2n) is 10.5. The van der Waals surface area contributed by atoms with E-state index in [9.17, 15) is 19.2 Å². The van der Waals surface area contributed by atoms with Crippen LogP contribution in [0.15, 0.2) is 53.6 Å². The van der Waals surface area contributed by atoms with Gasteiger partial charge in [-0.25, -0.2) is 9.67 Å². The Morgan fingerprint density at radius 3 is 2.83 bits per heavy atom. The van der Waals surface area contributed by atoms with Gasteiger partial charge < -0.3 is 19.7 Å². The molecular weight excluding hydrogens is 544 g/mol. The molecule has 2 atom stereocenters. The maximum absolute atomic E-state index is 13.3. The Labute approximate surface area is 239 Å². The van der Waals surface area contributed by atoms with Crippen molar-refractivity contribution in [3.8, 4) is 0 Å². The zero-order chi connectivity index (χ0) is 28.5. The van der Waals surface area contributed by atoms with Gasteiger partial charge in [0.1, 0.15) is 11.3 Å². The van der Waals surface area contributed by atoms with E-state index in [0.29, 0.717) is 38.2 Å². The molecule has 212 valence electrons. The van der Waals surface area contributed by atoms with Crippen molar-refractivity contribution in [3.63, 3.8) is 0 Å². The summed E-state index contributed by atoms with van der Waals surface area (Å²) < 4.78 is 4.24. The number of carbonyl (C=O) groups is 3. The van der Waals surface area contributed by atoms with Crippen molar-refractivity contribution in [2.45, 2.75) is 31.8 Å². The van der Waals surface area contributed by atoms with Gasteiger partial charge in [0.25, 0.3) is 11.5 Å². The minimum absolute atomic E-state index is 0.00914. The summed E-state index contributed by atoms with van der Waals surface area (Å²) in [4.78, 5) is 60.1. The molecule has 4 aromatic rings. The van der Waals surface area contributed by atoms with Crippen LogP contribution in [-0.2, 0) is 22.6 Å². The molecule has 1 fully saturated rings. The van der Waals surface area contributed by atoms with Crippen LogP contribution in [0.1, 0.15) is 39.9 Å². The molecule has 0 aliphatic carbocycles. The van der Waals surface area contributed by atoms with E-state index >= 15 is 0 Å². The molecule has 6 rings (SSSR count). The predicted octanol–water partition coefficient (Wildman–Crippen LogP) is 1.32. The zero-order valence-electron chi connectivity index (χ0n) is 22.6. The number of amides is 3. The smallest absolute Gasteiger partial charge is 0.263 e. The summed E-state index contributed by atoms with van der Waals surface area (Å²) in [6.45, 7) is 1.48. The Balaban J connectivity index is 1.22. The van der Waals surface area contributed by atoms with Gasteiger partial charge in [-0.15, -0.1) is 16.4 Å². The molecule has 3 aromatic heterocycles. The first-order valence-corrected chi connectivity index (χ1v) is 14.4. The first kappa shape index (κ1) is 26.8. The minimum atomic E-state index is -0.489. The van der Waals surface area contributed by atoms with Crippen molar-refractivity contribution in [1.29, 1.82) is 0 Å². The van der Waals surface area contributed by atoms with Crippen molar-refractivity contribution in [2.75, 3.05) is 33.2 Å². The fraction of sp³-hybridized carbons (Fsp3) is 0.393. The highest BCUT2D eigenvalue weighted by molar-refractivity contribution is 7.18. The summed E-state index contributed by atoms with van der Waals surface area (Å²) in [7, 11) is 1.69. The summed E-state index contributed by atoms with van der Waals surface area (Å²) in [6, 6.07) is 10.8. The molecule has 0 saturated carbocycles. The molecule has 13 heteroatoms. The molecule has 0 radical (unpaired) electrons. The van der Waals surface area contributed by atoms with Gasteiger partial charge in [0.05, 0.1) is 34.0 Å². The molecule has 1 saturated heterocycles. The van der Waals surface area contributed by atoms with Gasteiger partial charge in [0.15, 0.2) is 0 Å². The number of carbonyl (C=O) groups excluding carboxylic acids is 3. The van der Waals surface area contributed by atoms with E-state index in [1.807, 2.05) is 24.3 Å². The normalized spacial score (nSPS) is 19.8. The number of aryl methyl sites for hydroxylation is 1. The summed E-state index contributed by atoms with van der Waals surface area (Å²) in [5, 5.41) is 12.3. The molecule has 41 heavy (non-hydrogen) atoms. The molecule has 0 unspecified atom stereocenters. The van der Waals surface area contributed by atoms with Crippen LogP contribution in [0.5, 0.6) is 0 Å². The number of hydrogen-bond donors (Lipinski definition) is 1. The summed E-state index contributed by atoms with van der Waals surface area (Å²) in [5.74, 6) is -0.737. The third-order valence-corrected chi connectivity index (χ3v) is 8.84. The Morgan fingerprint density at radius 2 is 1.98 bits per heavy atom. The quantitative estimate of drug-likeness (QED) is 0.390. The average molecular weight is 575 g/mol. The van der Waals surface area contributed by atoms with E-state index < -0.39 is 11.5 Å². The number of rotatable bonds is 3. The maximum Gasteiger partial charge on any atom is 0.263 e. The van der Waals surface area contributed by atoms with Crippen molar-refractivity contribution in [3.05, 3.63) is 75.4 Å². The van der Waals surface area contributed by atoms with Gasteiger partial charge in [-0.1, -0.05) is 17.3 Å². The summed E-state index contributed by atoms with van der Waals surface area (Å²) in [6.07, 6.45) is 4.47. The number of pyridine rings is 1. The lowest BCUT2D eigenvalue weighted by molar-refractivity contribution is -0.132. The molecule has 3 amide bonds. The van der Waals surface area contributed by atoms with Gasteiger partial charge in [-0.2, -0.15) is 0 Å². The van der Waals surface area contributed by atoms with Crippen LogP contribution in [-0.4, -0.2) is 85.3 Å². The first-order valence-electron chi connectivity index (χ1n) is 13.6. The highest BCUT2D eigenvalue weighted by Gasteiger charge is 2.38. The van der Waals surface area contributed by atoms with Crippen LogP contribution >= 0.6 is 11.3 Å². The monoisotopic (exact) mass is 574 g/mol. The van der Waals surface area contributed by atoms with E-state index in [-0.39, 0.29) is 48.8 Å². The van der Waals surface area contributed by atoms with E-state index in [2.05, 4.69) is 20.6 Å². The van der Waals surface area contributed by atoms with Crippen molar-refractivity contribution in [2.24, 2.45) is 5.92 Å². The number of likely N-dealkylation sites (N-methyl/N-ethyl adjacent to an activating group) is 1. The van der Waals surface area contributed by atoms with Crippen LogP contribution < -0.4 is 10.9 Å². The van der Waals surface area contributed by atoms with E-state index in [4.69, 9.17) is 0 Å². The molecule has 4 bridgehead atoms. The van der Waals surface area contributed by atoms with Crippen LogP contribution in [0, 0.1) is 5.92 Å². The standard InChI is InChI=1S/C28H30N8O4S/c1-33-12-10-29-27(39)20-5-4-11-34(28(20)40)15-19-16-36(32-31-19)22-17-35(14-18(22)13-26(33)38)25(37)9-8-24-30-21-6-2-3-7-23(21)41-24/h2-7,11,16,18,22H,8-10,12-15,17H2,1H3,(H,29,39)/t18-,22+/m0/s1. The third-order valence-electron chi connectivity index (χ3n) is 7.74. The number of benzene rings is 1. The number of hydrogen-bond acceptors (Lipinski definition) is 8. The Morgan fingerprint density at radius 1 is 1.12 bits per heavy atom. The van der Waals surface area contributed by atoms with Gasteiger partial charge in [0.2, 0.25) is 11.8 Å². The highest BCUT2D eigenvalue weighted by Crippen LogP contribution is 2.32. The number of para-hydroxylation sites is 1. The summed E-state index contributed by atoms with van der Waals surface area (Å²) >= 11 is 1.60. The fourth-order valence-electron chi connectivity index (χ4n) is 5.45. The molecule has 1 aromatic carbocycles. The Bertz CT molecular complexity index is 1640.